The highest BCUT2D eigenvalue weighted by molar-refractivity contribution is 5.93. The van der Waals surface area contributed by atoms with Crippen LogP contribution in [0.3, 0.4) is 0 Å². The Balaban J connectivity index is 2.05. The number of nitrogens with zero attached hydrogens (tertiary/aromatic N) is 2. The standard InChI is InChI=1S/C11H16N4O4/c16-6-5-14-1-3-15(4-2-14)10(18)8-7-12-11(19)13-9(8)17/h7,16H,1-6H2,(H2,12,13,17,19). The highest BCUT2D eigenvalue weighted by atomic mass is 16.3. The second-order valence-electron chi connectivity index (χ2n) is 4.34. The van der Waals surface area contributed by atoms with Crippen LogP contribution >= 0.6 is 0 Å². The molecule has 0 spiro atoms. The fourth-order valence-corrected chi connectivity index (χ4v) is 2.05. The first-order valence-electron chi connectivity index (χ1n) is 6.06. The largest absolute Gasteiger partial charge is 0.395 e. The van der Waals surface area contributed by atoms with Crippen molar-refractivity contribution in [2.24, 2.45) is 0 Å². The van der Waals surface area contributed by atoms with Gasteiger partial charge in [0.15, 0.2) is 0 Å². The van der Waals surface area contributed by atoms with Gasteiger partial charge in [-0.3, -0.25) is 19.5 Å². The summed E-state index contributed by atoms with van der Waals surface area (Å²) in [5.41, 5.74) is -1.36. The monoisotopic (exact) mass is 268 g/mol. The molecule has 1 amide bonds. The van der Waals surface area contributed by atoms with Crippen LogP contribution < -0.4 is 11.2 Å². The van der Waals surface area contributed by atoms with Crippen molar-refractivity contribution < 1.29 is 9.90 Å². The normalized spacial score (nSPS) is 16.6. The molecule has 1 fully saturated rings. The van der Waals surface area contributed by atoms with Crippen molar-refractivity contribution in [1.82, 2.24) is 19.8 Å². The van der Waals surface area contributed by atoms with E-state index in [0.717, 1.165) is 6.20 Å². The zero-order valence-corrected chi connectivity index (χ0v) is 10.4. The summed E-state index contributed by atoms with van der Waals surface area (Å²) in [6, 6.07) is 0. The fourth-order valence-electron chi connectivity index (χ4n) is 2.05. The Kier molecular flexibility index (Phi) is 4.13. The van der Waals surface area contributed by atoms with E-state index in [9.17, 15) is 14.4 Å². The Morgan fingerprint density at radius 2 is 1.95 bits per heavy atom. The Hall–Kier alpha value is -1.93. The number of aliphatic hydroxyl groups is 1. The number of amides is 1. The van der Waals surface area contributed by atoms with Gasteiger partial charge in [-0.15, -0.1) is 0 Å². The van der Waals surface area contributed by atoms with Crippen LogP contribution in [0.2, 0.25) is 0 Å². The van der Waals surface area contributed by atoms with Crippen molar-refractivity contribution in [3.63, 3.8) is 0 Å². The number of aliphatic hydroxyl groups excluding tert-OH is 1. The van der Waals surface area contributed by atoms with E-state index in [-0.39, 0.29) is 18.1 Å². The number of hydrogen-bond donors (Lipinski definition) is 3. The molecule has 0 aromatic carbocycles. The molecule has 19 heavy (non-hydrogen) atoms. The maximum atomic E-state index is 12.1. The predicted octanol–water partition coefficient (Wildman–Crippen LogP) is -2.19. The molecule has 0 radical (unpaired) electrons. The molecule has 104 valence electrons. The maximum absolute atomic E-state index is 12.1. The van der Waals surface area contributed by atoms with Gasteiger partial charge in [-0.25, -0.2) is 4.79 Å². The summed E-state index contributed by atoms with van der Waals surface area (Å²) in [4.78, 5) is 42.5. The van der Waals surface area contributed by atoms with Crippen molar-refractivity contribution in [3.8, 4) is 0 Å². The van der Waals surface area contributed by atoms with Gasteiger partial charge in [-0.2, -0.15) is 0 Å². The first-order valence-corrected chi connectivity index (χ1v) is 6.06. The Morgan fingerprint density at radius 3 is 2.53 bits per heavy atom. The third-order valence-corrected chi connectivity index (χ3v) is 3.13. The van der Waals surface area contributed by atoms with Gasteiger partial charge in [0.25, 0.3) is 11.5 Å². The van der Waals surface area contributed by atoms with E-state index in [2.05, 4.69) is 4.98 Å². The molecule has 0 unspecified atom stereocenters. The van der Waals surface area contributed by atoms with E-state index < -0.39 is 11.2 Å². The molecule has 0 bridgehead atoms. The molecule has 8 nitrogen and oxygen atoms in total. The molecule has 3 N–H and O–H groups in total. The third kappa shape index (κ3) is 3.09. The lowest BCUT2D eigenvalue weighted by Gasteiger charge is -2.34. The lowest BCUT2D eigenvalue weighted by atomic mass is 10.2. The fraction of sp³-hybridized carbons (Fsp3) is 0.545. The summed E-state index contributed by atoms with van der Waals surface area (Å²) in [7, 11) is 0. The molecule has 1 aromatic rings. The summed E-state index contributed by atoms with van der Waals surface area (Å²) in [6.07, 6.45) is 1.14. The number of aromatic amines is 2. The van der Waals surface area contributed by atoms with E-state index in [1.165, 1.54) is 0 Å². The van der Waals surface area contributed by atoms with Crippen molar-refractivity contribution in [2.75, 3.05) is 39.3 Å². The average molecular weight is 268 g/mol. The van der Waals surface area contributed by atoms with Crippen LogP contribution in [0.25, 0.3) is 0 Å². The zero-order valence-electron chi connectivity index (χ0n) is 10.4. The SMILES string of the molecule is O=C(c1c[nH]c(=O)[nH]c1=O)N1CCN(CCO)CC1. The van der Waals surface area contributed by atoms with E-state index in [1.807, 2.05) is 9.88 Å². The van der Waals surface area contributed by atoms with Crippen LogP contribution in [0.5, 0.6) is 0 Å². The molecular weight excluding hydrogens is 252 g/mol. The lowest BCUT2D eigenvalue weighted by molar-refractivity contribution is 0.0612. The summed E-state index contributed by atoms with van der Waals surface area (Å²) < 4.78 is 0. The number of carbonyl (C=O) groups is 1. The molecule has 2 rings (SSSR count). The summed E-state index contributed by atoms with van der Waals surface area (Å²) in [5.74, 6) is -0.388. The number of β-amino-alcohol motifs (C(OH)–C–C–N with tert-alkyl or cyclic N) is 1. The minimum atomic E-state index is -0.675. The van der Waals surface area contributed by atoms with E-state index in [1.54, 1.807) is 4.90 Å². The van der Waals surface area contributed by atoms with Crippen LogP contribution in [0.4, 0.5) is 0 Å². The molecule has 1 aliphatic rings. The topological polar surface area (TPSA) is 109 Å². The first kappa shape index (κ1) is 13.5. The smallest absolute Gasteiger partial charge is 0.325 e. The highest BCUT2D eigenvalue weighted by Crippen LogP contribution is 2.04. The lowest BCUT2D eigenvalue weighted by Crippen LogP contribution is -2.50. The van der Waals surface area contributed by atoms with Crippen LogP contribution in [0.1, 0.15) is 10.4 Å². The van der Waals surface area contributed by atoms with Crippen LogP contribution in [0, 0.1) is 0 Å². The highest BCUT2D eigenvalue weighted by Gasteiger charge is 2.23. The van der Waals surface area contributed by atoms with Crippen LogP contribution in [-0.4, -0.2) is 70.1 Å². The van der Waals surface area contributed by atoms with Gasteiger partial charge < -0.3 is 15.0 Å². The quantitative estimate of drug-likeness (QED) is 0.577. The minimum Gasteiger partial charge on any atom is -0.395 e. The molecule has 0 aliphatic carbocycles. The second-order valence-corrected chi connectivity index (χ2v) is 4.34. The number of aromatic nitrogens is 2. The van der Waals surface area contributed by atoms with Gasteiger partial charge in [0.2, 0.25) is 0 Å². The zero-order chi connectivity index (χ0) is 13.8. The number of H-pyrrole nitrogens is 2. The number of rotatable bonds is 3. The van der Waals surface area contributed by atoms with Gasteiger partial charge in [0.1, 0.15) is 5.56 Å². The molecule has 2 heterocycles. The second kappa shape index (κ2) is 5.81. The number of piperazine rings is 1. The first-order chi connectivity index (χ1) is 9.11. The Labute approximate surface area is 108 Å². The summed E-state index contributed by atoms with van der Waals surface area (Å²) in [6.45, 7) is 2.99. The molecule has 8 heteroatoms. The Bertz CT molecular complexity index is 556. The van der Waals surface area contributed by atoms with Crippen molar-refractivity contribution in [2.45, 2.75) is 0 Å². The van der Waals surface area contributed by atoms with Gasteiger partial charge in [0.05, 0.1) is 6.61 Å². The molecular formula is C11H16N4O4. The van der Waals surface area contributed by atoms with Gasteiger partial charge in [0, 0.05) is 38.9 Å². The summed E-state index contributed by atoms with van der Waals surface area (Å²) in [5, 5.41) is 8.83. The van der Waals surface area contributed by atoms with E-state index >= 15 is 0 Å². The van der Waals surface area contributed by atoms with Crippen molar-refractivity contribution >= 4 is 5.91 Å². The number of nitrogens with one attached hydrogen (secondary N) is 2. The molecule has 1 aliphatic heterocycles. The minimum absolute atomic E-state index is 0.0600. The molecule has 1 saturated heterocycles. The van der Waals surface area contributed by atoms with Crippen LogP contribution in [-0.2, 0) is 0 Å². The Morgan fingerprint density at radius 1 is 1.26 bits per heavy atom. The third-order valence-electron chi connectivity index (χ3n) is 3.13. The maximum Gasteiger partial charge on any atom is 0.325 e. The van der Waals surface area contributed by atoms with E-state index in [4.69, 9.17) is 5.11 Å². The molecule has 1 aromatic heterocycles. The van der Waals surface area contributed by atoms with Gasteiger partial charge >= 0.3 is 5.69 Å². The molecule has 0 atom stereocenters. The van der Waals surface area contributed by atoms with Gasteiger partial charge in [-0.1, -0.05) is 0 Å². The summed E-state index contributed by atoms with van der Waals surface area (Å²) >= 11 is 0. The molecule has 0 saturated carbocycles. The van der Waals surface area contributed by atoms with Crippen molar-refractivity contribution in [1.29, 1.82) is 0 Å². The van der Waals surface area contributed by atoms with Crippen LogP contribution in [0.15, 0.2) is 15.8 Å². The number of hydrogen-bond acceptors (Lipinski definition) is 5. The van der Waals surface area contributed by atoms with E-state index in [0.29, 0.717) is 32.7 Å². The van der Waals surface area contributed by atoms with Crippen molar-refractivity contribution in [3.05, 3.63) is 32.6 Å². The average Bonchev–Trinajstić information content (AvgIpc) is 2.39. The number of carbonyl (C=O) groups excluding carboxylic acids is 1. The van der Waals surface area contributed by atoms with Gasteiger partial charge in [-0.05, 0) is 0 Å². The predicted molar refractivity (Wildman–Crippen MR) is 67.1 cm³/mol.